The van der Waals surface area contributed by atoms with Gasteiger partial charge in [0.1, 0.15) is 5.75 Å². The first kappa shape index (κ1) is 52.3. The second kappa shape index (κ2) is 26.6. The molecule has 1 aromatic heterocycles. The number of amides is 2. The van der Waals surface area contributed by atoms with Gasteiger partial charge in [0.05, 0.1) is 18.2 Å². The minimum atomic E-state index is -2.14. The fraction of sp³-hybridized carbons (Fsp3) is 0.269. The van der Waals surface area contributed by atoms with Gasteiger partial charge in [-0.25, -0.2) is 4.79 Å². The highest BCUT2D eigenvalue weighted by atomic mass is 16.5. The Hall–Kier alpha value is -7.70. The first-order chi connectivity index (χ1) is 33.4. The summed E-state index contributed by atoms with van der Waals surface area (Å²) >= 11 is 0. The first-order valence-corrected chi connectivity index (χ1v) is 22.3. The number of aromatic amines is 1. The highest BCUT2D eigenvalue weighted by Crippen LogP contribution is 2.33. The van der Waals surface area contributed by atoms with Gasteiger partial charge in [0, 0.05) is 60.9 Å². The number of aromatic hydroxyl groups is 1. The van der Waals surface area contributed by atoms with E-state index in [1.54, 1.807) is 72.8 Å². The molecule has 5 aromatic carbocycles. The van der Waals surface area contributed by atoms with Crippen LogP contribution >= 0.6 is 0 Å². The second-order valence-electron chi connectivity index (χ2n) is 16.2. The van der Waals surface area contributed by atoms with Gasteiger partial charge in [-0.3, -0.25) is 28.9 Å². The van der Waals surface area contributed by atoms with E-state index in [-0.39, 0.29) is 72.4 Å². The lowest BCUT2D eigenvalue weighted by molar-refractivity contribution is -0.164. The molecule has 0 aliphatic carbocycles. The van der Waals surface area contributed by atoms with E-state index in [0.29, 0.717) is 41.6 Å². The normalized spacial score (nSPS) is 13.8. The van der Waals surface area contributed by atoms with Crippen molar-refractivity contribution in [2.75, 3.05) is 39.3 Å². The van der Waals surface area contributed by atoms with Crippen LogP contribution in [0.4, 0.5) is 0 Å². The standard InChI is InChI=1S/C50H53N5O8.2CH2O2/c56-43-21-19-41(42-20-22-45(58)54-46(42)43)44(57)31-51-30-34-15-17-37(18-16-34)47(59)52-25-8-26-53-48(60)38-11-7-14-40(29-38)50(62,39-12-5-2-6-13-39)49(61)63-33-36-23-27-55(28-24-36)32-35-9-3-1-4-10-35;2*2-1-3/h1-7,9-22,29,36,44,51,56-57,62H,8,23-28,30-33H2,(H,52,59)(H,53,60)(H,54,58);2*1H,(H,2,3)/t44-,50?;;/m0../s1. The van der Waals surface area contributed by atoms with Crippen LogP contribution in [-0.4, -0.2) is 105 Å². The third-order valence-corrected chi connectivity index (χ3v) is 11.5. The van der Waals surface area contributed by atoms with E-state index in [4.69, 9.17) is 24.5 Å². The maximum atomic E-state index is 13.8. The maximum Gasteiger partial charge on any atom is 0.347 e. The van der Waals surface area contributed by atoms with E-state index in [2.05, 4.69) is 38.0 Å². The molecular weight excluding hydrogens is 887 g/mol. The van der Waals surface area contributed by atoms with Crippen LogP contribution in [-0.2, 0) is 37.8 Å². The van der Waals surface area contributed by atoms with Crippen molar-refractivity contribution < 1.29 is 54.2 Å². The van der Waals surface area contributed by atoms with Crippen LogP contribution in [0.5, 0.6) is 5.75 Å². The number of carbonyl (C=O) groups excluding carboxylic acids is 3. The molecule has 9 N–H and O–H groups in total. The third kappa shape index (κ3) is 14.9. The molecule has 7 rings (SSSR count). The van der Waals surface area contributed by atoms with Crippen molar-refractivity contribution >= 4 is 41.6 Å². The van der Waals surface area contributed by atoms with Crippen LogP contribution in [0.3, 0.4) is 0 Å². The highest BCUT2D eigenvalue weighted by molar-refractivity contribution is 5.95. The lowest BCUT2D eigenvalue weighted by Crippen LogP contribution is -2.41. The van der Waals surface area contributed by atoms with E-state index < -0.39 is 23.6 Å². The first-order valence-electron chi connectivity index (χ1n) is 22.3. The Morgan fingerprint density at radius 3 is 2.01 bits per heavy atom. The molecule has 1 unspecified atom stereocenters. The van der Waals surface area contributed by atoms with E-state index in [1.165, 1.54) is 23.8 Å². The lowest BCUT2D eigenvalue weighted by atomic mass is 9.85. The molecule has 2 atom stereocenters. The van der Waals surface area contributed by atoms with Crippen molar-refractivity contribution in [3.8, 4) is 5.75 Å². The average molecular weight is 944 g/mol. The predicted octanol–water partition coefficient (Wildman–Crippen LogP) is 4.70. The topological polar surface area (TPSA) is 268 Å². The Kier molecular flexibility index (Phi) is 20.1. The molecule has 2 amide bonds. The molecule has 0 bridgehead atoms. The molecular formula is C52H57N5O12. The summed E-state index contributed by atoms with van der Waals surface area (Å²) in [6.45, 7) is 3.57. The van der Waals surface area contributed by atoms with Crippen molar-refractivity contribution in [1.82, 2.24) is 25.8 Å². The number of likely N-dealkylation sites (tertiary alicyclic amines) is 1. The number of ether oxygens (including phenoxy) is 1. The Bertz CT molecular complexity index is 2650. The lowest BCUT2D eigenvalue weighted by Gasteiger charge is -2.33. The number of H-pyrrole nitrogens is 1. The highest BCUT2D eigenvalue weighted by Gasteiger charge is 2.42. The van der Waals surface area contributed by atoms with Crippen molar-refractivity contribution in [2.45, 2.75) is 44.1 Å². The number of nitrogens with zero attached hydrogens (tertiary/aromatic N) is 1. The third-order valence-electron chi connectivity index (χ3n) is 11.5. The number of aliphatic hydroxyl groups is 2. The summed E-state index contributed by atoms with van der Waals surface area (Å²) in [4.78, 5) is 73.4. The monoisotopic (exact) mass is 943 g/mol. The second-order valence-corrected chi connectivity index (χ2v) is 16.2. The number of nitrogens with one attached hydrogen (secondary N) is 4. The van der Waals surface area contributed by atoms with Crippen LogP contribution in [0.15, 0.2) is 138 Å². The van der Waals surface area contributed by atoms with Crippen molar-refractivity contribution in [2.24, 2.45) is 5.92 Å². The zero-order valence-electron chi connectivity index (χ0n) is 37.8. The number of carboxylic acid groups (broad SMARTS) is 2. The zero-order chi connectivity index (χ0) is 49.6. The van der Waals surface area contributed by atoms with E-state index in [9.17, 15) is 34.5 Å². The van der Waals surface area contributed by atoms with Gasteiger partial charge in [0.2, 0.25) is 11.2 Å². The minimum Gasteiger partial charge on any atom is -0.506 e. The molecule has 1 aliphatic heterocycles. The molecule has 17 heteroatoms. The van der Waals surface area contributed by atoms with Crippen LogP contribution in [0.25, 0.3) is 10.9 Å². The molecule has 362 valence electrons. The summed E-state index contributed by atoms with van der Waals surface area (Å²) in [5.74, 6) is -1.35. The number of hydrogen-bond donors (Lipinski definition) is 9. The summed E-state index contributed by atoms with van der Waals surface area (Å²) in [6, 6.07) is 38.3. The van der Waals surface area contributed by atoms with Gasteiger partial charge >= 0.3 is 5.97 Å². The van der Waals surface area contributed by atoms with Gasteiger partial charge in [-0.1, -0.05) is 91.0 Å². The molecule has 69 heavy (non-hydrogen) atoms. The van der Waals surface area contributed by atoms with Gasteiger partial charge in [0.15, 0.2) is 0 Å². The molecule has 1 aliphatic rings. The fourth-order valence-corrected chi connectivity index (χ4v) is 7.90. The van der Waals surface area contributed by atoms with Crippen LogP contribution in [0, 0.1) is 5.92 Å². The largest absolute Gasteiger partial charge is 0.506 e. The number of aliphatic hydroxyl groups excluding tert-OH is 1. The Morgan fingerprint density at radius 1 is 0.754 bits per heavy atom. The van der Waals surface area contributed by atoms with Gasteiger partial charge in [0.25, 0.3) is 24.8 Å². The molecule has 0 saturated carbocycles. The van der Waals surface area contributed by atoms with Crippen LogP contribution < -0.4 is 21.5 Å². The Balaban J connectivity index is 0.00000141. The summed E-state index contributed by atoms with van der Waals surface area (Å²) in [5.41, 5.74) is 1.80. The Labute approximate surface area is 398 Å². The summed E-state index contributed by atoms with van der Waals surface area (Å²) in [6.07, 6.45) is 1.31. The van der Waals surface area contributed by atoms with E-state index >= 15 is 0 Å². The number of fused-ring (bicyclic) bond motifs is 1. The fourth-order valence-electron chi connectivity index (χ4n) is 7.90. The van der Waals surface area contributed by atoms with Gasteiger partial charge < -0.3 is 51.2 Å². The number of phenolic OH excluding ortho intramolecular Hbond substituents is 1. The summed E-state index contributed by atoms with van der Waals surface area (Å²) in [7, 11) is 0. The molecule has 6 aromatic rings. The van der Waals surface area contributed by atoms with Crippen molar-refractivity contribution in [3.05, 3.63) is 183 Å². The van der Waals surface area contributed by atoms with E-state index in [1.807, 2.05) is 30.3 Å². The van der Waals surface area contributed by atoms with Crippen molar-refractivity contribution in [3.63, 3.8) is 0 Å². The number of benzene rings is 5. The number of aromatic nitrogens is 1. The molecule has 17 nitrogen and oxygen atoms in total. The maximum absolute atomic E-state index is 13.8. The smallest absolute Gasteiger partial charge is 0.347 e. The van der Waals surface area contributed by atoms with Gasteiger partial charge in [-0.15, -0.1) is 0 Å². The average Bonchev–Trinajstić information content (AvgIpc) is 3.37. The molecule has 1 saturated heterocycles. The number of carbonyl (C=O) groups is 5. The predicted molar refractivity (Wildman–Crippen MR) is 257 cm³/mol. The number of pyridine rings is 1. The number of esters is 1. The van der Waals surface area contributed by atoms with Crippen molar-refractivity contribution in [1.29, 1.82) is 0 Å². The molecule has 0 radical (unpaired) electrons. The van der Waals surface area contributed by atoms with Crippen LogP contribution in [0.2, 0.25) is 0 Å². The van der Waals surface area contributed by atoms with Gasteiger partial charge in [-0.2, -0.15) is 0 Å². The van der Waals surface area contributed by atoms with E-state index in [0.717, 1.165) is 38.0 Å². The van der Waals surface area contributed by atoms with Gasteiger partial charge in [-0.05, 0) is 96.9 Å². The summed E-state index contributed by atoms with van der Waals surface area (Å²) in [5, 5.41) is 56.3. The Morgan fingerprint density at radius 2 is 1.36 bits per heavy atom. The summed E-state index contributed by atoms with van der Waals surface area (Å²) < 4.78 is 5.84. The molecule has 2 heterocycles. The number of piperidine rings is 1. The number of phenols is 1. The number of hydrogen-bond acceptors (Lipinski definition) is 12. The minimum absolute atomic E-state index is 0.0752. The quantitative estimate of drug-likeness (QED) is 0.0321. The molecule has 1 fully saturated rings. The number of rotatable bonds is 18. The molecule has 0 spiro atoms. The SMILES string of the molecule is O=C(NCCCNC(=O)c1cccc(C(O)(C(=O)OCC2CCN(Cc3ccccc3)CC2)c2ccccc2)c1)c1ccc(CNC[C@H](O)c2ccc(O)c3[nH]c(=O)ccc23)cc1.O=CO.O=CO. The van der Waals surface area contributed by atoms with Crippen LogP contribution in [0.1, 0.15) is 73.9 Å². The zero-order valence-corrected chi connectivity index (χ0v) is 37.8.